The smallest absolute Gasteiger partial charge is 0.211 e. The lowest BCUT2D eigenvalue weighted by Crippen LogP contribution is -2.44. The molecule has 0 bridgehead atoms. The van der Waals surface area contributed by atoms with Crippen LogP contribution in [0, 0.1) is 5.82 Å². The third-order valence-electron chi connectivity index (χ3n) is 3.93. The molecule has 0 aromatic heterocycles. The molecule has 1 aromatic carbocycles. The van der Waals surface area contributed by atoms with E-state index in [-0.39, 0.29) is 41.0 Å². The summed E-state index contributed by atoms with van der Waals surface area (Å²) in [6.45, 7) is 7.10. The highest BCUT2D eigenvalue weighted by atomic mass is 127. The molecule has 10 heteroatoms. The van der Waals surface area contributed by atoms with E-state index in [2.05, 4.69) is 20.3 Å². The molecule has 0 atom stereocenters. The van der Waals surface area contributed by atoms with Gasteiger partial charge in [-0.2, -0.15) is 0 Å². The van der Waals surface area contributed by atoms with Crippen molar-refractivity contribution in [3.8, 4) is 0 Å². The van der Waals surface area contributed by atoms with E-state index in [9.17, 15) is 12.8 Å². The number of halogens is 3. The van der Waals surface area contributed by atoms with Crippen molar-refractivity contribution in [3.63, 3.8) is 0 Å². The summed E-state index contributed by atoms with van der Waals surface area (Å²) in [5.41, 5.74) is 0.511. The van der Waals surface area contributed by atoms with E-state index in [4.69, 9.17) is 11.6 Å². The van der Waals surface area contributed by atoms with Gasteiger partial charge < -0.3 is 10.6 Å². The SMILES string of the molecule is CCS(=O)(=O)NCCCNC(=NC)NCC(C)(C)c1ccc(F)cc1Cl.I. The van der Waals surface area contributed by atoms with Crippen LogP contribution >= 0.6 is 35.6 Å². The Kier molecular flexibility index (Phi) is 11.7. The zero-order valence-electron chi connectivity index (χ0n) is 16.1. The number of sulfonamides is 1. The van der Waals surface area contributed by atoms with Gasteiger partial charge in [0.05, 0.1) is 5.75 Å². The van der Waals surface area contributed by atoms with Crippen molar-refractivity contribution in [1.29, 1.82) is 0 Å². The van der Waals surface area contributed by atoms with Gasteiger partial charge >= 0.3 is 0 Å². The first-order valence-electron chi connectivity index (χ1n) is 8.48. The lowest BCUT2D eigenvalue weighted by molar-refractivity contribution is 0.506. The summed E-state index contributed by atoms with van der Waals surface area (Å²) in [7, 11) is -1.50. The van der Waals surface area contributed by atoms with Gasteiger partial charge in [0, 0.05) is 37.1 Å². The minimum Gasteiger partial charge on any atom is -0.356 e. The van der Waals surface area contributed by atoms with Gasteiger partial charge in [0.15, 0.2) is 5.96 Å². The van der Waals surface area contributed by atoms with Gasteiger partial charge in [-0.1, -0.05) is 31.5 Å². The normalized spacial score (nSPS) is 12.4. The van der Waals surface area contributed by atoms with E-state index in [0.717, 1.165) is 5.56 Å². The van der Waals surface area contributed by atoms with E-state index in [1.807, 2.05) is 13.8 Å². The molecule has 0 fully saturated rings. The minimum absolute atomic E-state index is 0. The van der Waals surface area contributed by atoms with Crippen molar-refractivity contribution >= 4 is 51.6 Å². The van der Waals surface area contributed by atoms with Crippen LogP contribution in [0.25, 0.3) is 0 Å². The van der Waals surface area contributed by atoms with Crippen molar-refractivity contribution in [2.45, 2.75) is 32.6 Å². The Bertz CT molecular complexity index is 730. The third kappa shape index (κ3) is 9.40. The molecular weight excluding hydrogens is 506 g/mol. The van der Waals surface area contributed by atoms with Gasteiger partial charge in [0.1, 0.15) is 5.82 Å². The average molecular weight is 535 g/mol. The van der Waals surface area contributed by atoms with Crippen LogP contribution in [0.2, 0.25) is 5.02 Å². The molecule has 0 amide bonds. The molecule has 0 heterocycles. The van der Waals surface area contributed by atoms with Crippen LogP contribution < -0.4 is 15.4 Å². The number of aliphatic imine (C=N–C) groups is 1. The first kappa shape index (κ1) is 26.4. The van der Waals surface area contributed by atoms with Crippen LogP contribution in [0.5, 0.6) is 0 Å². The zero-order chi connectivity index (χ0) is 19.8. The van der Waals surface area contributed by atoms with Gasteiger partial charge in [-0.25, -0.2) is 17.5 Å². The number of guanidine groups is 1. The molecule has 0 saturated carbocycles. The topological polar surface area (TPSA) is 82.6 Å². The predicted molar refractivity (Wildman–Crippen MR) is 121 cm³/mol. The Labute approximate surface area is 183 Å². The number of hydrogen-bond donors (Lipinski definition) is 3. The highest BCUT2D eigenvalue weighted by Gasteiger charge is 2.24. The van der Waals surface area contributed by atoms with Crippen LogP contribution in [0.15, 0.2) is 23.2 Å². The van der Waals surface area contributed by atoms with Gasteiger partial charge in [0.2, 0.25) is 10.0 Å². The van der Waals surface area contributed by atoms with Gasteiger partial charge in [-0.3, -0.25) is 4.99 Å². The molecule has 0 saturated heterocycles. The molecule has 27 heavy (non-hydrogen) atoms. The molecule has 0 unspecified atom stereocenters. The van der Waals surface area contributed by atoms with Gasteiger partial charge in [-0.05, 0) is 31.0 Å². The predicted octanol–water partition coefficient (Wildman–Crippen LogP) is 2.87. The second-order valence-electron chi connectivity index (χ2n) is 6.51. The Morgan fingerprint density at radius 1 is 1.26 bits per heavy atom. The Balaban J connectivity index is 0.00000676. The quantitative estimate of drug-likeness (QED) is 0.197. The Hall–Kier alpha value is -0.650. The minimum atomic E-state index is -3.16. The molecule has 0 aliphatic heterocycles. The first-order valence-corrected chi connectivity index (χ1v) is 10.5. The number of nitrogens with one attached hydrogen (secondary N) is 3. The largest absolute Gasteiger partial charge is 0.356 e. The molecule has 3 N–H and O–H groups in total. The van der Waals surface area contributed by atoms with Gasteiger partial charge in [0.25, 0.3) is 0 Å². The summed E-state index contributed by atoms with van der Waals surface area (Å²) in [4.78, 5) is 4.15. The zero-order valence-corrected chi connectivity index (χ0v) is 20.0. The molecule has 0 aliphatic rings. The van der Waals surface area contributed by atoms with Crippen molar-refractivity contribution in [2.75, 3.05) is 32.4 Å². The third-order valence-corrected chi connectivity index (χ3v) is 5.65. The molecule has 156 valence electrons. The van der Waals surface area contributed by atoms with Crippen LogP contribution in [0.4, 0.5) is 4.39 Å². The summed E-state index contributed by atoms with van der Waals surface area (Å²) in [6.07, 6.45) is 0.632. The molecule has 0 spiro atoms. The number of nitrogens with zero attached hydrogens (tertiary/aromatic N) is 1. The Morgan fingerprint density at radius 2 is 1.93 bits per heavy atom. The standard InChI is InChI=1S/C17H28ClFN4O2S.HI/c1-5-26(24,25)23-10-6-9-21-16(20-4)22-12-17(2,3)14-8-7-13(19)11-15(14)18;/h7-8,11,23H,5-6,9-10,12H2,1-4H3,(H2,20,21,22);1H. The van der Waals surface area contributed by atoms with Crippen LogP contribution in [-0.2, 0) is 15.4 Å². The summed E-state index contributed by atoms with van der Waals surface area (Å²) in [5.74, 6) is 0.318. The van der Waals surface area contributed by atoms with Crippen molar-refractivity contribution < 1.29 is 12.8 Å². The lowest BCUT2D eigenvalue weighted by atomic mass is 9.84. The summed E-state index contributed by atoms with van der Waals surface area (Å²) >= 11 is 6.16. The summed E-state index contributed by atoms with van der Waals surface area (Å²) in [5, 5.41) is 6.74. The molecular formula is C17H29ClFIN4O2S. The van der Waals surface area contributed by atoms with E-state index in [1.54, 1.807) is 20.0 Å². The second kappa shape index (κ2) is 12.0. The molecule has 0 radical (unpaired) electrons. The maximum absolute atomic E-state index is 13.2. The van der Waals surface area contributed by atoms with E-state index in [1.165, 1.54) is 12.1 Å². The number of rotatable bonds is 9. The summed E-state index contributed by atoms with van der Waals surface area (Å²) < 4.78 is 38.4. The molecule has 0 aliphatic carbocycles. The average Bonchev–Trinajstić information content (AvgIpc) is 2.56. The lowest BCUT2D eigenvalue weighted by Gasteiger charge is -2.27. The van der Waals surface area contributed by atoms with Crippen LogP contribution in [0.3, 0.4) is 0 Å². The maximum atomic E-state index is 13.2. The highest BCUT2D eigenvalue weighted by molar-refractivity contribution is 14.0. The van der Waals surface area contributed by atoms with Crippen LogP contribution in [0.1, 0.15) is 32.8 Å². The highest BCUT2D eigenvalue weighted by Crippen LogP contribution is 2.29. The maximum Gasteiger partial charge on any atom is 0.211 e. The van der Waals surface area contributed by atoms with Gasteiger partial charge in [-0.15, -0.1) is 24.0 Å². The van der Waals surface area contributed by atoms with E-state index in [0.29, 0.717) is 37.0 Å². The summed E-state index contributed by atoms with van der Waals surface area (Å²) in [6, 6.07) is 4.39. The fraction of sp³-hybridized carbons (Fsp3) is 0.588. The van der Waals surface area contributed by atoms with Crippen molar-refractivity contribution in [3.05, 3.63) is 34.6 Å². The monoisotopic (exact) mass is 534 g/mol. The second-order valence-corrected chi connectivity index (χ2v) is 9.01. The van der Waals surface area contributed by atoms with Crippen molar-refractivity contribution in [1.82, 2.24) is 15.4 Å². The fourth-order valence-electron chi connectivity index (χ4n) is 2.28. The molecule has 1 rings (SSSR count). The number of benzene rings is 1. The molecule has 1 aromatic rings. The fourth-order valence-corrected chi connectivity index (χ4v) is 3.37. The Morgan fingerprint density at radius 3 is 2.48 bits per heavy atom. The van der Waals surface area contributed by atoms with Crippen molar-refractivity contribution in [2.24, 2.45) is 4.99 Å². The number of hydrogen-bond acceptors (Lipinski definition) is 3. The van der Waals surface area contributed by atoms with Crippen LogP contribution in [-0.4, -0.2) is 46.8 Å². The van der Waals surface area contributed by atoms with E-state index < -0.39 is 10.0 Å². The molecule has 6 nitrogen and oxygen atoms in total. The first-order chi connectivity index (χ1) is 12.1. The van der Waals surface area contributed by atoms with E-state index >= 15 is 0 Å².